The lowest BCUT2D eigenvalue weighted by Crippen LogP contribution is -2.29. The Bertz CT molecular complexity index is 927. The molecular weight excluding hydrogens is 349 g/mol. The monoisotopic (exact) mass is 369 g/mol. The Kier molecular flexibility index (Phi) is 5.21. The molecule has 0 atom stereocenters. The first-order valence-corrected chi connectivity index (χ1v) is 8.64. The number of anilines is 3. The number of hydrogen-bond acceptors (Lipinski definition) is 3. The topological polar surface area (TPSA) is 78.5 Å². The van der Waals surface area contributed by atoms with Gasteiger partial charge in [0.1, 0.15) is 5.82 Å². The molecule has 1 saturated heterocycles. The van der Waals surface area contributed by atoms with E-state index in [1.165, 1.54) is 12.1 Å². The fourth-order valence-electron chi connectivity index (χ4n) is 2.99. The van der Waals surface area contributed by atoms with Gasteiger partial charge in [-0.15, -0.1) is 0 Å². The Hall–Kier alpha value is -3.22. The van der Waals surface area contributed by atoms with Gasteiger partial charge in [-0.25, -0.2) is 4.39 Å². The molecule has 0 aromatic heterocycles. The average molecular weight is 369 g/mol. The first-order chi connectivity index (χ1) is 12.8. The Labute approximate surface area is 156 Å². The van der Waals surface area contributed by atoms with E-state index in [4.69, 9.17) is 0 Å². The van der Waals surface area contributed by atoms with Crippen LogP contribution in [0.25, 0.3) is 0 Å². The molecule has 0 saturated carbocycles. The fourth-order valence-corrected chi connectivity index (χ4v) is 2.99. The normalized spacial score (nSPS) is 13.6. The largest absolute Gasteiger partial charge is 0.318 e. The van der Waals surface area contributed by atoms with E-state index >= 15 is 0 Å². The van der Waals surface area contributed by atoms with E-state index in [-0.39, 0.29) is 11.6 Å². The first-order valence-electron chi connectivity index (χ1n) is 8.64. The van der Waals surface area contributed by atoms with Gasteiger partial charge in [-0.3, -0.25) is 14.4 Å². The van der Waals surface area contributed by atoms with Crippen molar-refractivity contribution in [1.82, 2.24) is 0 Å². The number of nitrogens with zero attached hydrogens (tertiary/aromatic N) is 1. The molecule has 0 bridgehead atoms. The van der Waals surface area contributed by atoms with E-state index in [0.29, 0.717) is 24.2 Å². The number of halogens is 1. The second-order valence-electron chi connectivity index (χ2n) is 6.52. The summed E-state index contributed by atoms with van der Waals surface area (Å²) in [6, 6.07) is 9.30. The van der Waals surface area contributed by atoms with Crippen molar-refractivity contribution in [3.63, 3.8) is 0 Å². The van der Waals surface area contributed by atoms with Gasteiger partial charge in [-0.2, -0.15) is 0 Å². The van der Waals surface area contributed by atoms with Gasteiger partial charge in [-0.05, 0) is 61.7 Å². The van der Waals surface area contributed by atoms with Gasteiger partial charge in [0.25, 0.3) is 0 Å². The summed E-state index contributed by atoms with van der Waals surface area (Å²) in [5, 5.41) is 4.87. The van der Waals surface area contributed by atoms with Crippen LogP contribution in [0.15, 0.2) is 36.4 Å². The quantitative estimate of drug-likeness (QED) is 0.816. The first kappa shape index (κ1) is 18.6. The molecule has 1 aliphatic rings. The number of carbonyl (C=O) groups is 3. The van der Waals surface area contributed by atoms with Crippen molar-refractivity contribution in [1.29, 1.82) is 0 Å². The van der Waals surface area contributed by atoms with Gasteiger partial charge in [0, 0.05) is 30.0 Å². The minimum Gasteiger partial charge on any atom is -0.318 e. The lowest BCUT2D eigenvalue weighted by molar-refractivity contribution is -0.133. The maximum absolute atomic E-state index is 13.5. The van der Waals surface area contributed by atoms with Crippen LogP contribution in [0.1, 0.15) is 24.0 Å². The standard InChI is InChI=1S/C20H20FN3O3/c1-12-5-6-15(11-16(12)21)23-20(27)19(26)22-14-7-8-17(13(2)10-14)24-9-3-4-18(24)25/h5-8,10-11H,3-4,9H2,1-2H3,(H,22,26)(H,23,27). The molecule has 3 amide bonds. The molecular formula is C20H20FN3O3. The molecule has 0 unspecified atom stereocenters. The fraction of sp³-hybridized carbons (Fsp3) is 0.250. The minimum absolute atomic E-state index is 0.0830. The van der Waals surface area contributed by atoms with Crippen LogP contribution in [-0.4, -0.2) is 24.3 Å². The number of amides is 3. The zero-order valence-electron chi connectivity index (χ0n) is 15.1. The maximum Gasteiger partial charge on any atom is 0.314 e. The predicted octanol–water partition coefficient (Wildman–Crippen LogP) is 3.15. The van der Waals surface area contributed by atoms with Crippen molar-refractivity contribution < 1.29 is 18.8 Å². The second kappa shape index (κ2) is 7.57. The molecule has 1 fully saturated rings. The van der Waals surface area contributed by atoms with Crippen LogP contribution in [-0.2, 0) is 14.4 Å². The van der Waals surface area contributed by atoms with Gasteiger partial charge in [0.2, 0.25) is 5.91 Å². The van der Waals surface area contributed by atoms with Gasteiger partial charge in [-0.1, -0.05) is 6.07 Å². The highest BCUT2D eigenvalue weighted by atomic mass is 19.1. The van der Waals surface area contributed by atoms with Crippen LogP contribution in [0, 0.1) is 19.7 Å². The van der Waals surface area contributed by atoms with Crippen LogP contribution >= 0.6 is 0 Å². The average Bonchev–Trinajstić information content (AvgIpc) is 3.04. The Morgan fingerprint density at radius 1 is 0.963 bits per heavy atom. The summed E-state index contributed by atoms with van der Waals surface area (Å²) >= 11 is 0. The zero-order valence-corrected chi connectivity index (χ0v) is 15.1. The van der Waals surface area contributed by atoms with Crippen LogP contribution in [0.3, 0.4) is 0 Å². The smallest absolute Gasteiger partial charge is 0.314 e. The molecule has 1 aliphatic heterocycles. The van der Waals surface area contributed by atoms with Crippen molar-refractivity contribution in [2.45, 2.75) is 26.7 Å². The molecule has 0 spiro atoms. The van der Waals surface area contributed by atoms with Crippen LogP contribution in [0.2, 0.25) is 0 Å². The molecule has 2 aromatic carbocycles. The summed E-state index contributed by atoms with van der Waals surface area (Å²) in [7, 11) is 0. The molecule has 0 aliphatic carbocycles. The lowest BCUT2D eigenvalue weighted by atomic mass is 10.1. The summed E-state index contributed by atoms with van der Waals surface area (Å²) in [6.45, 7) is 4.13. The molecule has 7 heteroatoms. The lowest BCUT2D eigenvalue weighted by Gasteiger charge is -2.19. The highest BCUT2D eigenvalue weighted by molar-refractivity contribution is 6.43. The summed E-state index contributed by atoms with van der Waals surface area (Å²) in [5.74, 6) is -2.13. The highest BCUT2D eigenvalue weighted by Crippen LogP contribution is 2.27. The van der Waals surface area contributed by atoms with E-state index < -0.39 is 17.6 Å². The number of aryl methyl sites for hydroxylation is 2. The van der Waals surface area contributed by atoms with E-state index in [1.807, 2.05) is 6.92 Å². The van der Waals surface area contributed by atoms with Gasteiger partial charge in [0.15, 0.2) is 0 Å². The minimum atomic E-state index is -0.894. The molecule has 6 nitrogen and oxygen atoms in total. The Balaban J connectivity index is 1.66. The number of benzene rings is 2. The van der Waals surface area contributed by atoms with Crippen molar-refractivity contribution in [2.24, 2.45) is 0 Å². The van der Waals surface area contributed by atoms with E-state index in [0.717, 1.165) is 23.7 Å². The Morgan fingerprint density at radius 3 is 2.15 bits per heavy atom. The van der Waals surface area contributed by atoms with Crippen molar-refractivity contribution in [3.8, 4) is 0 Å². The molecule has 3 rings (SSSR count). The highest BCUT2D eigenvalue weighted by Gasteiger charge is 2.23. The zero-order chi connectivity index (χ0) is 19.6. The summed E-state index contributed by atoms with van der Waals surface area (Å²) in [5.41, 5.74) is 2.72. The van der Waals surface area contributed by atoms with Crippen LogP contribution in [0.4, 0.5) is 21.5 Å². The summed E-state index contributed by atoms with van der Waals surface area (Å²) < 4.78 is 13.5. The molecule has 1 heterocycles. The van der Waals surface area contributed by atoms with Crippen LogP contribution in [0.5, 0.6) is 0 Å². The van der Waals surface area contributed by atoms with Crippen molar-refractivity contribution >= 4 is 34.8 Å². The summed E-state index contributed by atoms with van der Waals surface area (Å²) in [4.78, 5) is 37.7. The number of rotatable bonds is 3. The number of carbonyl (C=O) groups excluding carboxylic acids is 3. The predicted molar refractivity (Wildman–Crippen MR) is 101 cm³/mol. The SMILES string of the molecule is Cc1ccc(NC(=O)C(=O)Nc2ccc(N3CCCC3=O)c(C)c2)cc1F. The van der Waals surface area contributed by atoms with Gasteiger partial charge in [0.05, 0.1) is 0 Å². The second-order valence-corrected chi connectivity index (χ2v) is 6.52. The third kappa shape index (κ3) is 4.13. The van der Waals surface area contributed by atoms with E-state index in [2.05, 4.69) is 10.6 Å². The Morgan fingerprint density at radius 2 is 1.59 bits per heavy atom. The molecule has 27 heavy (non-hydrogen) atoms. The maximum atomic E-state index is 13.5. The third-order valence-corrected chi connectivity index (χ3v) is 4.45. The van der Waals surface area contributed by atoms with E-state index in [1.54, 1.807) is 30.0 Å². The van der Waals surface area contributed by atoms with Crippen LogP contribution < -0.4 is 15.5 Å². The van der Waals surface area contributed by atoms with Gasteiger partial charge >= 0.3 is 11.8 Å². The summed E-state index contributed by atoms with van der Waals surface area (Å²) in [6.07, 6.45) is 1.37. The molecule has 0 radical (unpaired) electrons. The van der Waals surface area contributed by atoms with Crippen molar-refractivity contribution in [2.75, 3.05) is 22.1 Å². The number of hydrogen-bond donors (Lipinski definition) is 2. The van der Waals surface area contributed by atoms with E-state index in [9.17, 15) is 18.8 Å². The molecule has 2 N–H and O–H groups in total. The third-order valence-electron chi connectivity index (χ3n) is 4.45. The van der Waals surface area contributed by atoms with Gasteiger partial charge < -0.3 is 15.5 Å². The molecule has 140 valence electrons. The molecule has 2 aromatic rings. The number of nitrogens with one attached hydrogen (secondary N) is 2. The van der Waals surface area contributed by atoms with Crippen molar-refractivity contribution in [3.05, 3.63) is 53.3 Å².